The molecule has 0 spiro atoms. The molecule has 0 fully saturated rings. The summed E-state index contributed by atoms with van der Waals surface area (Å²) in [5.41, 5.74) is 0.381. The fourth-order valence-electron chi connectivity index (χ4n) is 4.23. The van der Waals surface area contributed by atoms with Crippen LogP contribution < -0.4 is 0 Å². The molecule has 1 unspecified atom stereocenters. The summed E-state index contributed by atoms with van der Waals surface area (Å²) >= 11 is 0. The van der Waals surface area contributed by atoms with Crippen molar-refractivity contribution in [1.29, 1.82) is 0 Å². The van der Waals surface area contributed by atoms with Crippen LogP contribution in [0, 0.1) is 0 Å². The highest BCUT2D eigenvalue weighted by Crippen LogP contribution is 2.29. The van der Waals surface area contributed by atoms with Crippen molar-refractivity contribution < 1.29 is 31.8 Å². The number of carboxylic acid groups (broad SMARTS) is 1. The lowest BCUT2D eigenvalue weighted by atomic mass is 10.1. The fraction of sp³-hybridized carbons (Fsp3) is 0.571. The number of aromatic carboxylic acids is 1. The van der Waals surface area contributed by atoms with E-state index in [0.29, 0.717) is 12.5 Å². The second-order valence-corrected chi connectivity index (χ2v) is 27.5. The SMILES string of the molecule is C[Si](C)(C)O[Si](C)(C)O[Si](C)(CCCN1C(=O)c2ccc(C(=O)O)cc2C1=O)O[Si](C)(C)C. The van der Waals surface area contributed by atoms with Crippen LogP contribution in [0.2, 0.25) is 65.0 Å². The predicted octanol–water partition coefficient (Wildman–Crippen LogP) is 4.86. The number of rotatable bonds is 11. The third kappa shape index (κ3) is 7.80. The van der Waals surface area contributed by atoms with E-state index in [1.165, 1.54) is 23.1 Å². The predicted molar refractivity (Wildman–Crippen MR) is 137 cm³/mol. The molecule has 2 amide bonds. The topological polar surface area (TPSA) is 102 Å². The molecular weight excluding hydrogens is 491 g/mol. The Kier molecular flexibility index (Phi) is 8.16. The molecule has 184 valence electrons. The summed E-state index contributed by atoms with van der Waals surface area (Å²) in [6.45, 7) is 19.2. The van der Waals surface area contributed by atoms with Gasteiger partial charge in [0.2, 0.25) is 0 Å². The number of imide groups is 1. The zero-order valence-corrected chi connectivity index (χ0v) is 25.2. The minimum absolute atomic E-state index is 0.0109. The van der Waals surface area contributed by atoms with Gasteiger partial charge in [0.05, 0.1) is 16.7 Å². The maximum Gasteiger partial charge on any atom is 0.335 e. The molecule has 1 aliphatic heterocycles. The second kappa shape index (κ2) is 9.68. The molecular formula is C21H37NO7Si4. The highest BCUT2D eigenvalue weighted by Gasteiger charge is 2.45. The normalized spacial score (nSPS) is 16.7. The molecule has 0 saturated carbocycles. The van der Waals surface area contributed by atoms with E-state index in [-0.39, 0.29) is 29.1 Å². The molecule has 0 aromatic heterocycles. The molecule has 0 radical (unpaired) electrons. The van der Waals surface area contributed by atoms with Gasteiger partial charge in [0.25, 0.3) is 11.8 Å². The molecule has 8 nitrogen and oxygen atoms in total. The maximum absolute atomic E-state index is 12.8. The largest absolute Gasteiger partial charge is 0.478 e. The summed E-state index contributed by atoms with van der Waals surface area (Å²) in [4.78, 5) is 38.0. The molecule has 1 heterocycles. The van der Waals surface area contributed by atoms with Gasteiger partial charge in [-0.2, -0.15) is 0 Å². The van der Waals surface area contributed by atoms with Gasteiger partial charge in [0.15, 0.2) is 16.6 Å². The van der Waals surface area contributed by atoms with Crippen molar-refractivity contribution >= 4 is 51.5 Å². The van der Waals surface area contributed by atoms with E-state index < -0.39 is 45.6 Å². The molecule has 0 saturated heterocycles. The molecule has 0 aliphatic carbocycles. The first-order valence-electron chi connectivity index (χ1n) is 11.2. The van der Waals surface area contributed by atoms with Crippen molar-refractivity contribution in [2.45, 2.75) is 71.4 Å². The third-order valence-electron chi connectivity index (χ3n) is 4.77. The Morgan fingerprint density at radius 3 is 1.91 bits per heavy atom. The Bertz CT molecular complexity index is 940. The molecule has 1 N–H and O–H groups in total. The van der Waals surface area contributed by atoms with Gasteiger partial charge in [0.1, 0.15) is 0 Å². The number of carboxylic acids is 1. The molecule has 1 aromatic carbocycles. The number of fused-ring (bicyclic) bond motifs is 1. The minimum atomic E-state index is -2.65. The first-order valence-corrected chi connectivity index (χ1v) is 23.3. The van der Waals surface area contributed by atoms with Crippen LogP contribution in [0.25, 0.3) is 0 Å². The summed E-state index contributed by atoms with van der Waals surface area (Å²) in [5, 5.41) is 9.19. The Morgan fingerprint density at radius 1 is 0.848 bits per heavy atom. The van der Waals surface area contributed by atoms with Gasteiger partial charge in [-0.1, -0.05) is 0 Å². The summed E-state index contributed by atoms with van der Waals surface area (Å²) in [5.74, 6) is -1.98. The fourth-order valence-corrected chi connectivity index (χ4v) is 22.2. The number of carbonyl (C=O) groups is 3. The maximum atomic E-state index is 12.8. The molecule has 33 heavy (non-hydrogen) atoms. The van der Waals surface area contributed by atoms with Gasteiger partial charge in [-0.25, -0.2) is 4.79 Å². The van der Waals surface area contributed by atoms with E-state index in [9.17, 15) is 19.5 Å². The van der Waals surface area contributed by atoms with E-state index >= 15 is 0 Å². The van der Waals surface area contributed by atoms with E-state index in [1.54, 1.807) is 0 Å². The van der Waals surface area contributed by atoms with Crippen LogP contribution in [0.4, 0.5) is 0 Å². The number of hydrogen-bond donors (Lipinski definition) is 1. The van der Waals surface area contributed by atoms with Gasteiger partial charge in [-0.15, -0.1) is 0 Å². The quantitative estimate of drug-likeness (QED) is 0.324. The summed E-state index contributed by atoms with van der Waals surface area (Å²) in [7, 11) is -8.79. The summed E-state index contributed by atoms with van der Waals surface area (Å²) in [6.07, 6.45) is 0.544. The van der Waals surface area contributed by atoms with E-state index in [4.69, 9.17) is 12.3 Å². The highest BCUT2D eigenvalue weighted by atomic mass is 28.5. The molecule has 0 bridgehead atoms. The van der Waals surface area contributed by atoms with Crippen LogP contribution in [-0.4, -0.2) is 68.1 Å². The van der Waals surface area contributed by atoms with Crippen molar-refractivity contribution in [3.05, 3.63) is 34.9 Å². The Labute approximate surface area is 201 Å². The standard InChI is InChI=1S/C21H37NO7Si4/c1-30(2,3)27-32(7,8)29-33(9,28-31(4,5)6)14-10-13-22-19(23)17-12-11-16(21(25)26)15-18(17)20(22)24/h11-12,15H,10,13-14H2,1-9H3,(H,25,26). The molecule has 2 rings (SSSR count). The lowest BCUT2D eigenvalue weighted by molar-refractivity contribution is 0.0651. The summed E-state index contributed by atoms with van der Waals surface area (Å²) < 4.78 is 19.6. The lowest BCUT2D eigenvalue weighted by Crippen LogP contribution is -2.57. The Hall–Kier alpha value is -1.42. The molecule has 1 aliphatic rings. The van der Waals surface area contributed by atoms with Gasteiger partial charge in [0, 0.05) is 6.54 Å². The van der Waals surface area contributed by atoms with Crippen LogP contribution in [0.15, 0.2) is 18.2 Å². The van der Waals surface area contributed by atoms with E-state index in [2.05, 4.69) is 45.8 Å². The Morgan fingerprint density at radius 2 is 1.39 bits per heavy atom. The number of carbonyl (C=O) groups excluding carboxylic acids is 2. The van der Waals surface area contributed by atoms with Crippen LogP contribution in [0.1, 0.15) is 37.5 Å². The zero-order valence-electron chi connectivity index (χ0n) is 21.2. The lowest BCUT2D eigenvalue weighted by Gasteiger charge is -2.41. The zero-order chi connectivity index (χ0) is 25.4. The number of nitrogens with zero attached hydrogens (tertiary/aromatic N) is 1. The van der Waals surface area contributed by atoms with Crippen LogP contribution in [0.5, 0.6) is 0 Å². The summed E-state index contributed by atoms with van der Waals surface area (Å²) in [6, 6.07) is 4.66. The average Bonchev–Trinajstić information content (AvgIpc) is 2.81. The Balaban J connectivity index is 2.14. The van der Waals surface area contributed by atoms with Crippen molar-refractivity contribution in [3.8, 4) is 0 Å². The number of amides is 2. The minimum Gasteiger partial charge on any atom is -0.478 e. The number of benzene rings is 1. The monoisotopic (exact) mass is 527 g/mol. The van der Waals surface area contributed by atoms with Gasteiger partial charge in [-0.3, -0.25) is 14.5 Å². The van der Waals surface area contributed by atoms with Gasteiger partial charge in [-0.05, 0) is 89.6 Å². The van der Waals surface area contributed by atoms with Crippen molar-refractivity contribution in [2.75, 3.05) is 6.54 Å². The van der Waals surface area contributed by atoms with Crippen LogP contribution >= 0.6 is 0 Å². The highest BCUT2D eigenvalue weighted by molar-refractivity contribution is 6.89. The van der Waals surface area contributed by atoms with Gasteiger partial charge < -0.3 is 17.5 Å². The van der Waals surface area contributed by atoms with Crippen LogP contribution in [-0.2, 0) is 12.3 Å². The van der Waals surface area contributed by atoms with E-state index in [0.717, 1.165) is 0 Å². The van der Waals surface area contributed by atoms with Crippen molar-refractivity contribution in [3.63, 3.8) is 0 Å². The first kappa shape index (κ1) is 27.8. The second-order valence-electron chi connectivity index (χ2n) is 11.0. The van der Waals surface area contributed by atoms with E-state index in [1.807, 2.05) is 13.1 Å². The van der Waals surface area contributed by atoms with Crippen LogP contribution in [0.3, 0.4) is 0 Å². The molecule has 12 heteroatoms. The van der Waals surface area contributed by atoms with Gasteiger partial charge >= 0.3 is 23.1 Å². The third-order valence-corrected chi connectivity index (χ3v) is 18.3. The molecule has 1 aromatic rings. The molecule has 1 atom stereocenters. The average molecular weight is 528 g/mol. The van der Waals surface area contributed by atoms with Crippen molar-refractivity contribution in [2.24, 2.45) is 0 Å². The van der Waals surface area contributed by atoms with Crippen molar-refractivity contribution in [1.82, 2.24) is 4.90 Å². The first-order chi connectivity index (χ1) is 14.8. The smallest absolute Gasteiger partial charge is 0.335 e. The number of hydrogen-bond acceptors (Lipinski definition) is 6.